The molecule has 0 radical (unpaired) electrons. The fraction of sp³-hybridized carbons (Fsp3) is 0.0303. The van der Waals surface area contributed by atoms with Gasteiger partial charge >= 0.3 is 0 Å². The van der Waals surface area contributed by atoms with E-state index in [1.54, 1.807) is 0 Å². The molecule has 166 valence electrons. The third-order valence-corrected chi connectivity index (χ3v) is 7.13. The first-order chi connectivity index (χ1) is 17.3. The minimum atomic E-state index is 1.17. The van der Waals surface area contributed by atoms with E-state index in [1.165, 1.54) is 60.4 Å². The first kappa shape index (κ1) is 19.9. The molecule has 0 aliphatic rings. The Hall–Kier alpha value is -4.56. The lowest BCUT2D eigenvalue weighted by Crippen LogP contribution is -2.11. The lowest BCUT2D eigenvalue weighted by Gasteiger charge is -2.22. The molecule has 0 bridgehead atoms. The number of para-hydroxylation sites is 2. The summed E-state index contributed by atoms with van der Waals surface area (Å²) in [5.41, 5.74) is 5.97. The summed E-state index contributed by atoms with van der Waals surface area (Å²) in [4.78, 5) is 2.29. The van der Waals surface area contributed by atoms with E-state index >= 15 is 0 Å². The molecule has 0 saturated heterocycles. The summed E-state index contributed by atoms with van der Waals surface area (Å²) in [6, 6.07) is 45.9. The van der Waals surface area contributed by atoms with E-state index in [2.05, 4.69) is 144 Å². The van der Waals surface area contributed by atoms with Crippen LogP contribution in [0, 0.1) is 0 Å². The molecule has 1 heterocycles. The van der Waals surface area contributed by atoms with Crippen molar-refractivity contribution in [3.8, 4) is 5.69 Å². The van der Waals surface area contributed by atoms with Crippen molar-refractivity contribution in [2.24, 2.45) is 0 Å². The monoisotopic (exact) mass is 448 g/mol. The zero-order valence-corrected chi connectivity index (χ0v) is 19.5. The van der Waals surface area contributed by atoms with Crippen LogP contribution in [-0.2, 0) is 0 Å². The van der Waals surface area contributed by atoms with Gasteiger partial charge < -0.3 is 9.47 Å². The van der Waals surface area contributed by atoms with Gasteiger partial charge in [0.05, 0.1) is 16.7 Å². The van der Waals surface area contributed by atoms with Gasteiger partial charge in [0.2, 0.25) is 0 Å². The molecule has 0 spiro atoms. The maximum Gasteiger partial charge on any atom is 0.0778 e. The first-order valence-corrected chi connectivity index (χ1v) is 12.0. The number of anilines is 2. The van der Waals surface area contributed by atoms with Crippen LogP contribution < -0.4 is 4.90 Å². The minimum absolute atomic E-state index is 1.17. The van der Waals surface area contributed by atoms with Crippen molar-refractivity contribution < 1.29 is 0 Å². The van der Waals surface area contributed by atoms with E-state index in [-0.39, 0.29) is 0 Å². The van der Waals surface area contributed by atoms with Gasteiger partial charge in [0, 0.05) is 29.2 Å². The van der Waals surface area contributed by atoms with Gasteiger partial charge in [-0.3, -0.25) is 0 Å². The Balaban J connectivity index is 1.62. The number of fused-ring (bicyclic) bond motifs is 5. The third kappa shape index (κ3) is 3.11. The topological polar surface area (TPSA) is 8.17 Å². The number of hydrogen-bond acceptors (Lipinski definition) is 1. The highest BCUT2D eigenvalue weighted by Crippen LogP contribution is 2.41. The second-order valence-corrected chi connectivity index (χ2v) is 9.15. The summed E-state index contributed by atoms with van der Waals surface area (Å²) >= 11 is 0. The quantitative estimate of drug-likeness (QED) is 0.262. The Bertz CT molecular complexity index is 1860. The molecule has 0 amide bonds. The van der Waals surface area contributed by atoms with E-state index in [4.69, 9.17) is 0 Å². The highest BCUT2D eigenvalue weighted by molar-refractivity contribution is 6.17. The smallest absolute Gasteiger partial charge is 0.0778 e. The van der Waals surface area contributed by atoms with Crippen molar-refractivity contribution in [2.75, 3.05) is 11.9 Å². The summed E-state index contributed by atoms with van der Waals surface area (Å²) in [7, 11) is 2.16. The van der Waals surface area contributed by atoms with Crippen LogP contribution in [0.1, 0.15) is 0 Å². The third-order valence-electron chi connectivity index (χ3n) is 7.13. The summed E-state index contributed by atoms with van der Waals surface area (Å²) in [5.74, 6) is 0. The largest absolute Gasteiger partial charge is 0.343 e. The molecule has 2 nitrogen and oxygen atoms in total. The van der Waals surface area contributed by atoms with E-state index in [1.807, 2.05) is 0 Å². The number of rotatable bonds is 3. The molecular weight excluding hydrogens is 424 g/mol. The lowest BCUT2D eigenvalue weighted by molar-refractivity contribution is 1.15. The van der Waals surface area contributed by atoms with Crippen LogP contribution >= 0.6 is 0 Å². The number of benzene rings is 6. The molecule has 0 aliphatic heterocycles. The standard InChI is InChI=1S/C33H24N2/c1-34(27-14-3-2-4-15-27)31-17-9-16-29-30-21-25-12-7-8-13-26(25)22-32(30)35(33(29)31)28-19-18-23-10-5-6-11-24(23)20-28/h2-22H,1H3. The Morgan fingerprint density at radius 2 is 1.17 bits per heavy atom. The van der Waals surface area contributed by atoms with Crippen LogP contribution in [0.2, 0.25) is 0 Å². The summed E-state index contributed by atoms with van der Waals surface area (Å²) in [5, 5.41) is 7.55. The maximum absolute atomic E-state index is 2.44. The van der Waals surface area contributed by atoms with Gasteiger partial charge in [-0.1, -0.05) is 84.9 Å². The predicted molar refractivity (Wildman–Crippen MR) is 150 cm³/mol. The van der Waals surface area contributed by atoms with Gasteiger partial charge in [0.1, 0.15) is 0 Å². The molecule has 0 unspecified atom stereocenters. The van der Waals surface area contributed by atoms with Crippen molar-refractivity contribution in [1.82, 2.24) is 4.57 Å². The molecule has 0 aliphatic carbocycles. The van der Waals surface area contributed by atoms with Gasteiger partial charge in [0.25, 0.3) is 0 Å². The highest BCUT2D eigenvalue weighted by Gasteiger charge is 2.19. The van der Waals surface area contributed by atoms with Crippen LogP contribution in [0.25, 0.3) is 49.0 Å². The molecule has 0 N–H and O–H groups in total. The highest BCUT2D eigenvalue weighted by atomic mass is 15.1. The summed E-state index contributed by atoms with van der Waals surface area (Å²) in [6.07, 6.45) is 0. The molecule has 6 aromatic carbocycles. The SMILES string of the molecule is CN(c1ccccc1)c1cccc2c3cc4ccccc4cc3n(-c3ccc4ccccc4c3)c12. The van der Waals surface area contributed by atoms with Crippen LogP contribution in [0.3, 0.4) is 0 Å². The van der Waals surface area contributed by atoms with E-state index in [0.29, 0.717) is 0 Å². The van der Waals surface area contributed by atoms with Crippen molar-refractivity contribution in [3.05, 3.63) is 127 Å². The Labute approximate surface area is 204 Å². The van der Waals surface area contributed by atoms with Crippen molar-refractivity contribution in [3.63, 3.8) is 0 Å². The van der Waals surface area contributed by atoms with Crippen molar-refractivity contribution in [1.29, 1.82) is 0 Å². The molecule has 0 saturated carbocycles. The van der Waals surface area contributed by atoms with Gasteiger partial charge in [0.15, 0.2) is 0 Å². The Kier molecular flexibility index (Phi) is 4.40. The normalized spacial score (nSPS) is 11.6. The number of hydrogen-bond donors (Lipinski definition) is 0. The first-order valence-electron chi connectivity index (χ1n) is 12.0. The van der Waals surface area contributed by atoms with E-state index < -0.39 is 0 Å². The average molecular weight is 449 g/mol. The second-order valence-electron chi connectivity index (χ2n) is 9.15. The van der Waals surface area contributed by atoms with Gasteiger partial charge in [-0.15, -0.1) is 0 Å². The molecule has 0 atom stereocenters. The molecule has 1 aromatic heterocycles. The molecule has 35 heavy (non-hydrogen) atoms. The molecule has 7 rings (SSSR count). The van der Waals surface area contributed by atoms with Crippen molar-refractivity contribution in [2.45, 2.75) is 0 Å². The fourth-order valence-electron chi connectivity index (χ4n) is 5.38. The fourth-order valence-corrected chi connectivity index (χ4v) is 5.38. The van der Waals surface area contributed by atoms with E-state index in [9.17, 15) is 0 Å². The molecule has 7 aromatic rings. The maximum atomic E-state index is 2.44. The van der Waals surface area contributed by atoms with Crippen LogP contribution in [0.4, 0.5) is 11.4 Å². The van der Waals surface area contributed by atoms with E-state index in [0.717, 1.165) is 0 Å². The van der Waals surface area contributed by atoms with Gasteiger partial charge in [-0.05, 0) is 64.0 Å². The molecule has 0 fully saturated rings. The summed E-state index contributed by atoms with van der Waals surface area (Å²) in [6.45, 7) is 0. The van der Waals surface area contributed by atoms with Crippen LogP contribution in [-0.4, -0.2) is 11.6 Å². The predicted octanol–water partition coefficient (Wildman–Crippen LogP) is 8.86. The van der Waals surface area contributed by atoms with Gasteiger partial charge in [-0.25, -0.2) is 0 Å². The molecule has 2 heteroatoms. The minimum Gasteiger partial charge on any atom is -0.343 e. The zero-order chi connectivity index (χ0) is 23.4. The number of nitrogens with zero attached hydrogens (tertiary/aromatic N) is 2. The zero-order valence-electron chi connectivity index (χ0n) is 19.5. The average Bonchev–Trinajstić information content (AvgIpc) is 3.25. The van der Waals surface area contributed by atoms with Crippen molar-refractivity contribution >= 4 is 54.7 Å². The Morgan fingerprint density at radius 1 is 0.514 bits per heavy atom. The Morgan fingerprint density at radius 3 is 1.94 bits per heavy atom. The summed E-state index contributed by atoms with van der Waals surface area (Å²) < 4.78 is 2.44. The number of aromatic nitrogens is 1. The van der Waals surface area contributed by atoms with Crippen LogP contribution in [0.5, 0.6) is 0 Å². The van der Waals surface area contributed by atoms with Crippen LogP contribution in [0.15, 0.2) is 127 Å². The second kappa shape index (κ2) is 7.75. The van der Waals surface area contributed by atoms with Gasteiger partial charge in [-0.2, -0.15) is 0 Å². The lowest BCUT2D eigenvalue weighted by atomic mass is 10.1. The molecular formula is C33H24N2.